The Morgan fingerprint density at radius 3 is 2.29 bits per heavy atom. The van der Waals surface area contributed by atoms with Gasteiger partial charge in [0.1, 0.15) is 17.0 Å². The third-order valence-electron chi connectivity index (χ3n) is 6.53. The number of amides is 1. The van der Waals surface area contributed by atoms with Gasteiger partial charge in [-0.15, -0.1) is 0 Å². The average Bonchev–Trinajstić information content (AvgIpc) is 3.19. The van der Waals surface area contributed by atoms with E-state index in [2.05, 4.69) is 46.1 Å². The maximum absolute atomic E-state index is 12.5. The number of imidazole rings is 1. The van der Waals surface area contributed by atoms with Crippen LogP contribution in [0.15, 0.2) is 72.9 Å². The highest BCUT2D eigenvalue weighted by atomic mass is 16.6. The van der Waals surface area contributed by atoms with Crippen molar-refractivity contribution >= 4 is 11.7 Å². The summed E-state index contributed by atoms with van der Waals surface area (Å²) < 4.78 is 13.1. The zero-order valence-corrected chi connectivity index (χ0v) is 20.7. The Morgan fingerprint density at radius 2 is 1.69 bits per heavy atom. The zero-order chi connectivity index (χ0) is 24.6. The van der Waals surface area contributed by atoms with Gasteiger partial charge in [-0.25, -0.2) is 9.78 Å². The van der Waals surface area contributed by atoms with Crippen LogP contribution in [0.2, 0.25) is 0 Å². The summed E-state index contributed by atoms with van der Waals surface area (Å²) in [5, 5.41) is 3.14. The Labute approximate surface area is 205 Å². The molecule has 1 aliphatic rings. The van der Waals surface area contributed by atoms with Gasteiger partial charge in [-0.1, -0.05) is 54.6 Å². The van der Waals surface area contributed by atoms with E-state index in [0.29, 0.717) is 0 Å². The van der Waals surface area contributed by atoms with E-state index in [9.17, 15) is 4.79 Å². The van der Waals surface area contributed by atoms with Gasteiger partial charge in [-0.2, -0.15) is 0 Å². The standard InChI is InChI=1S/C29H31N3O3/c1-28(2,3)35-27(33)31-29(17-8-18-29)22-13-11-20(12-14-22)25-26(21-9-6-5-7-10-21)32-19-23(34-4)15-16-24(32)30-25/h5-7,9-16,19H,8,17-18H2,1-4H3,(H,31,33). The number of fused-ring (bicyclic) bond motifs is 1. The van der Waals surface area contributed by atoms with E-state index in [1.165, 1.54) is 0 Å². The van der Waals surface area contributed by atoms with Crippen molar-refractivity contribution in [2.75, 3.05) is 7.11 Å². The van der Waals surface area contributed by atoms with Crippen LogP contribution in [0.3, 0.4) is 0 Å². The molecule has 1 aliphatic carbocycles. The molecule has 1 amide bonds. The van der Waals surface area contributed by atoms with E-state index in [-0.39, 0.29) is 11.6 Å². The van der Waals surface area contributed by atoms with Crippen LogP contribution in [0.1, 0.15) is 45.6 Å². The van der Waals surface area contributed by atoms with Crippen LogP contribution in [0, 0.1) is 0 Å². The second kappa shape index (κ2) is 8.77. The molecule has 0 aliphatic heterocycles. The number of benzene rings is 2. The van der Waals surface area contributed by atoms with Crippen molar-refractivity contribution in [3.8, 4) is 28.3 Å². The number of carbonyl (C=O) groups is 1. The number of hydrogen-bond acceptors (Lipinski definition) is 4. The number of carbonyl (C=O) groups excluding carboxylic acids is 1. The molecule has 2 aromatic heterocycles. The molecule has 1 N–H and O–H groups in total. The molecule has 5 rings (SSSR count). The first-order chi connectivity index (χ1) is 16.8. The molecular weight excluding hydrogens is 438 g/mol. The summed E-state index contributed by atoms with van der Waals surface area (Å²) in [4.78, 5) is 17.5. The summed E-state index contributed by atoms with van der Waals surface area (Å²) in [6.45, 7) is 5.64. The summed E-state index contributed by atoms with van der Waals surface area (Å²) in [6.07, 6.45) is 4.46. The smallest absolute Gasteiger partial charge is 0.408 e. The number of nitrogens with one attached hydrogen (secondary N) is 1. The Balaban J connectivity index is 1.52. The maximum atomic E-state index is 12.5. The highest BCUT2D eigenvalue weighted by molar-refractivity contribution is 5.82. The number of ether oxygens (including phenoxy) is 2. The summed E-state index contributed by atoms with van der Waals surface area (Å²) in [6, 6.07) is 22.5. The Kier molecular flexibility index (Phi) is 5.75. The van der Waals surface area contributed by atoms with E-state index in [0.717, 1.165) is 58.7 Å². The van der Waals surface area contributed by atoms with Crippen molar-refractivity contribution < 1.29 is 14.3 Å². The molecule has 6 nitrogen and oxygen atoms in total. The first kappa shape index (κ1) is 23.0. The first-order valence-corrected chi connectivity index (χ1v) is 12.0. The number of alkyl carbamates (subject to hydrolysis) is 1. The van der Waals surface area contributed by atoms with Crippen LogP contribution in [0.5, 0.6) is 5.75 Å². The summed E-state index contributed by atoms with van der Waals surface area (Å²) >= 11 is 0. The number of methoxy groups -OCH3 is 1. The predicted octanol–water partition coefficient (Wildman–Crippen LogP) is 6.58. The molecule has 2 heterocycles. The van der Waals surface area contributed by atoms with Gasteiger partial charge in [0.15, 0.2) is 0 Å². The average molecular weight is 470 g/mol. The number of pyridine rings is 1. The zero-order valence-electron chi connectivity index (χ0n) is 20.7. The molecule has 35 heavy (non-hydrogen) atoms. The molecule has 1 fully saturated rings. The molecule has 180 valence electrons. The Bertz CT molecular complexity index is 1350. The summed E-state index contributed by atoms with van der Waals surface area (Å²) in [5.74, 6) is 0.772. The quantitative estimate of drug-likeness (QED) is 0.358. The van der Waals surface area contributed by atoms with E-state index in [4.69, 9.17) is 14.5 Å². The van der Waals surface area contributed by atoms with Crippen molar-refractivity contribution in [2.45, 2.75) is 51.2 Å². The van der Waals surface area contributed by atoms with Crippen molar-refractivity contribution in [3.63, 3.8) is 0 Å². The van der Waals surface area contributed by atoms with E-state index < -0.39 is 5.60 Å². The van der Waals surface area contributed by atoms with E-state index in [1.807, 2.05) is 57.3 Å². The minimum atomic E-state index is -0.529. The van der Waals surface area contributed by atoms with Crippen molar-refractivity contribution in [3.05, 3.63) is 78.5 Å². The maximum Gasteiger partial charge on any atom is 0.408 e. The molecule has 2 aromatic carbocycles. The van der Waals surface area contributed by atoms with Crippen molar-refractivity contribution in [2.24, 2.45) is 0 Å². The van der Waals surface area contributed by atoms with Gasteiger partial charge < -0.3 is 14.8 Å². The van der Waals surface area contributed by atoms with Gasteiger partial charge in [0.25, 0.3) is 0 Å². The largest absolute Gasteiger partial charge is 0.495 e. The summed E-state index contributed by atoms with van der Waals surface area (Å²) in [7, 11) is 1.67. The molecule has 0 spiro atoms. The Hall–Kier alpha value is -3.80. The van der Waals surface area contributed by atoms with Crippen LogP contribution >= 0.6 is 0 Å². The normalized spacial score (nSPS) is 14.9. The third-order valence-corrected chi connectivity index (χ3v) is 6.53. The predicted molar refractivity (Wildman–Crippen MR) is 138 cm³/mol. The number of rotatable bonds is 5. The van der Waals surface area contributed by atoms with Crippen LogP contribution < -0.4 is 10.1 Å². The molecule has 0 atom stereocenters. The fraction of sp³-hybridized carbons (Fsp3) is 0.310. The van der Waals surface area contributed by atoms with E-state index in [1.54, 1.807) is 7.11 Å². The van der Waals surface area contributed by atoms with Gasteiger partial charge in [0.2, 0.25) is 0 Å². The van der Waals surface area contributed by atoms with Crippen LogP contribution in [-0.2, 0) is 10.3 Å². The lowest BCUT2D eigenvalue weighted by atomic mass is 9.71. The van der Waals surface area contributed by atoms with Crippen LogP contribution in [-0.4, -0.2) is 28.2 Å². The molecule has 1 saturated carbocycles. The second-order valence-electron chi connectivity index (χ2n) is 10.1. The fourth-order valence-corrected chi connectivity index (χ4v) is 4.68. The van der Waals surface area contributed by atoms with Crippen molar-refractivity contribution in [1.29, 1.82) is 0 Å². The molecule has 6 heteroatoms. The molecule has 0 saturated heterocycles. The lowest BCUT2D eigenvalue weighted by Gasteiger charge is -2.43. The van der Waals surface area contributed by atoms with Crippen molar-refractivity contribution in [1.82, 2.24) is 14.7 Å². The number of hydrogen-bond donors (Lipinski definition) is 1. The molecule has 4 aromatic rings. The molecule has 0 unspecified atom stereocenters. The fourth-order valence-electron chi connectivity index (χ4n) is 4.68. The van der Waals surface area contributed by atoms with Gasteiger partial charge in [-0.05, 0) is 57.7 Å². The van der Waals surface area contributed by atoms with Crippen LogP contribution in [0.25, 0.3) is 28.2 Å². The highest BCUT2D eigenvalue weighted by Gasteiger charge is 2.41. The topological polar surface area (TPSA) is 64.9 Å². The Morgan fingerprint density at radius 1 is 0.971 bits per heavy atom. The monoisotopic (exact) mass is 469 g/mol. The number of nitrogens with zero attached hydrogens (tertiary/aromatic N) is 2. The second-order valence-corrected chi connectivity index (χ2v) is 10.1. The van der Waals surface area contributed by atoms with Gasteiger partial charge in [-0.3, -0.25) is 4.40 Å². The summed E-state index contributed by atoms with van der Waals surface area (Å²) in [5.41, 5.74) is 5.04. The number of aromatic nitrogens is 2. The van der Waals surface area contributed by atoms with Gasteiger partial charge in [0.05, 0.1) is 30.2 Å². The van der Waals surface area contributed by atoms with Gasteiger partial charge >= 0.3 is 6.09 Å². The molecule has 0 bridgehead atoms. The molecular formula is C29H31N3O3. The first-order valence-electron chi connectivity index (χ1n) is 12.0. The van der Waals surface area contributed by atoms with Gasteiger partial charge in [0, 0.05) is 11.1 Å². The highest BCUT2D eigenvalue weighted by Crippen LogP contribution is 2.42. The van der Waals surface area contributed by atoms with Crippen LogP contribution in [0.4, 0.5) is 4.79 Å². The lowest BCUT2D eigenvalue weighted by molar-refractivity contribution is 0.0377. The lowest BCUT2D eigenvalue weighted by Crippen LogP contribution is -2.52. The molecule has 0 radical (unpaired) electrons. The minimum absolute atomic E-state index is 0.373. The third kappa shape index (κ3) is 4.48. The minimum Gasteiger partial charge on any atom is -0.495 e. The SMILES string of the molecule is COc1ccc2nc(-c3ccc(C4(NC(=O)OC(C)(C)C)CCC4)cc3)c(-c3ccccc3)n2c1. The van der Waals surface area contributed by atoms with E-state index >= 15 is 0 Å².